The number of benzene rings is 1. The van der Waals surface area contributed by atoms with Crippen LogP contribution in [0.4, 0.5) is 13.2 Å². The number of ether oxygens (including phenoxy) is 2. The summed E-state index contributed by atoms with van der Waals surface area (Å²) in [6.45, 7) is 7.39. The first kappa shape index (κ1) is 21.0. The molecule has 0 saturated heterocycles. The number of rotatable bonds is 5. The highest BCUT2D eigenvalue weighted by Crippen LogP contribution is 2.47. The second kappa shape index (κ2) is 7.27. The van der Waals surface area contributed by atoms with Gasteiger partial charge in [0.15, 0.2) is 0 Å². The van der Waals surface area contributed by atoms with Crippen molar-refractivity contribution >= 4 is 5.97 Å². The highest BCUT2D eigenvalue weighted by molar-refractivity contribution is 5.90. The molecular weight excluding hydrogens is 369 g/mol. The van der Waals surface area contributed by atoms with E-state index in [0.717, 1.165) is 18.4 Å². The van der Waals surface area contributed by atoms with Crippen molar-refractivity contribution < 1.29 is 27.4 Å². The highest BCUT2D eigenvalue weighted by Gasteiger charge is 2.41. The first-order valence-electron chi connectivity index (χ1n) is 9.95. The van der Waals surface area contributed by atoms with E-state index in [-0.39, 0.29) is 36.3 Å². The number of alkyl halides is 2. The SMILES string of the molecule is CC1(COc2cc(F)c(C(=O)OC(C)(C)C)cc2C2CC2)CCC(F)(F)CC1. The monoisotopic (exact) mass is 398 g/mol. The van der Waals surface area contributed by atoms with E-state index < -0.39 is 23.3 Å². The van der Waals surface area contributed by atoms with Crippen LogP contribution in [0.25, 0.3) is 0 Å². The molecule has 0 amide bonds. The molecule has 2 fully saturated rings. The quantitative estimate of drug-likeness (QED) is 0.550. The summed E-state index contributed by atoms with van der Waals surface area (Å²) in [7, 11) is 0. The van der Waals surface area contributed by atoms with E-state index >= 15 is 0 Å². The van der Waals surface area contributed by atoms with Crippen LogP contribution in [0, 0.1) is 11.2 Å². The maximum absolute atomic E-state index is 14.6. The smallest absolute Gasteiger partial charge is 0.341 e. The number of hydrogen-bond acceptors (Lipinski definition) is 3. The molecule has 1 aromatic carbocycles. The van der Waals surface area contributed by atoms with Crippen molar-refractivity contribution in [3.05, 3.63) is 29.1 Å². The van der Waals surface area contributed by atoms with E-state index in [1.807, 2.05) is 6.92 Å². The van der Waals surface area contributed by atoms with Gasteiger partial charge in [0, 0.05) is 24.3 Å². The van der Waals surface area contributed by atoms with E-state index in [0.29, 0.717) is 18.6 Å². The van der Waals surface area contributed by atoms with Gasteiger partial charge in [0.2, 0.25) is 5.92 Å². The standard InChI is InChI=1S/C22H29F3O3/c1-20(2,3)28-19(26)16-11-15(14-5-6-14)18(12-17(16)23)27-13-21(4)7-9-22(24,25)10-8-21/h11-12,14H,5-10,13H2,1-4H3. The molecule has 2 saturated carbocycles. The summed E-state index contributed by atoms with van der Waals surface area (Å²) < 4.78 is 52.7. The maximum atomic E-state index is 14.6. The number of halogens is 3. The largest absolute Gasteiger partial charge is 0.493 e. The minimum absolute atomic E-state index is 0.0901. The molecule has 6 heteroatoms. The third kappa shape index (κ3) is 5.21. The number of carbonyl (C=O) groups excluding carboxylic acids is 1. The molecule has 2 aliphatic carbocycles. The number of carbonyl (C=O) groups is 1. The summed E-state index contributed by atoms with van der Waals surface area (Å²) in [6, 6.07) is 2.78. The zero-order chi connectivity index (χ0) is 20.7. The summed E-state index contributed by atoms with van der Waals surface area (Å²) in [4.78, 5) is 12.3. The molecule has 1 aromatic rings. The fourth-order valence-corrected chi connectivity index (χ4v) is 3.52. The van der Waals surface area contributed by atoms with Gasteiger partial charge in [0.1, 0.15) is 17.2 Å². The number of esters is 1. The Morgan fingerprint density at radius 1 is 1.14 bits per heavy atom. The van der Waals surface area contributed by atoms with E-state index in [9.17, 15) is 18.0 Å². The van der Waals surface area contributed by atoms with Crippen LogP contribution in [0.3, 0.4) is 0 Å². The number of hydrogen-bond donors (Lipinski definition) is 0. The van der Waals surface area contributed by atoms with E-state index in [4.69, 9.17) is 9.47 Å². The Kier molecular flexibility index (Phi) is 5.45. The van der Waals surface area contributed by atoms with Crippen LogP contribution in [-0.4, -0.2) is 24.1 Å². The third-order valence-corrected chi connectivity index (χ3v) is 5.50. The van der Waals surface area contributed by atoms with Crippen molar-refractivity contribution in [1.82, 2.24) is 0 Å². The van der Waals surface area contributed by atoms with Gasteiger partial charge in [0.25, 0.3) is 0 Å². The zero-order valence-electron chi connectivity index (χ0n) is 17.0. The van der Waals surface area contributed by atoms with Crippen molar-refractivity contribution in [1.29, 1.82) is 0 Å². The summed E-state index contributed by atoms with van der Waals surface area (Å²) >= 11 is 0. The van der Waals surface area contributed by atoms with Crippen LogP contribution in [0.2, 0.25) is 0 Å². The molecule has 0 atom stereocenters. The Hall–Kier alpha value is -1.72. The highest BCUT2D eigenvalue weighted by atomic mass is 19.3. The molecule has 0 N–H and O–H groups in total. The summed E-state index contributed by atoms with van der Waals surface area (Å²) in [5.74, 6) is -3.33. The Bertz CT molecular complexity index is 738. The molecule has 0 aliphatic heterocycles. The summed E-state index contributed by atoms with van der Waals surface area (Å²) in [5.41, 5.74) is -0.362. The van der Waals surface area contributed by atoms with Crippen molar-refractivity contribution in [2.45, 2.75) is 83.7 Å². The summed E-state index contributed by atoms with van der Waals surface area (Å²) in [5, 5.41) is 0. The van der Waals surface area contributed by atoms with Crippen LogP contribution in [0.15, 0.2) is 12.1 Å². The molecule has 0 unspecified atom stereocenters. The molecule has 0 heterocycles. The molecule has 28 heavy (non-hydrogen) atoms. The Morgan fingerprint density at radius 3 is 2.29 bits per heavy atom. The second-order valence-electron chi connectivity index (χ2n) is 9.60. The average molecular weight is 398 g/mol. The lowest BCUT2D eigenvalue weighted by atomic mass is 9.75. The van der Waals surface area contributed by atoms with E-state index in [1.54, 1.807) is 20.8 Å². The van der Waals surface area contributed by atoms with Gasteiger partial charge in [-0.1, -0.05) is 6.92 Å². The van der Waals surface area contributed by atoms with Crippen LogP contribution >= 0.6 is 0 Å². The predicted molar refractivity (Wildman–Crippen MR) is 101 cm³/mol. The van der Waals surface area contributed by atoms with E-state index in [2.05, 4.69) is 0 Å². The van der Waals surface area contributed by atoms with Gasteiger partial charge >= 0.3 is 5.97 Å². The van der Waals surface area contributed by atoms with Gasteiger partial charge in [-0.3, -0.25) is 0 Å². The fraction of sp³-hybridized carbons (Fsp3) is 0.682. The first-order valence-corrected chi connectivity index (χ1v) is 9.95. The Morgan fingerprint density at radius 2 is 1.75 bits per heavy atom. The maximum Gasteiger partial charge on any atom is 0.341 e. The molecule has 0 bridgehead atoms. The van der Waals surface area contributed by atoms with Gasteiger partial charge < -0.3 is 9.47 Å². The van der Waals surface area contributed by atoms with Crippen LogP contribution < -0.4 is 4.74 Å². The lowest BCUT2D eigenvalue weighted by molar-refractivity contribution is -0.0712. The van der Waals surface area contributed by atoms with Crippen molar-refractivity contribution in [3.8, 4) is 5.75 Å². The molecule has 0 aromatic heterocycles. The summed E-state index contributed by atoms with van der Waals surface area (Å²) in [6.07, 6.45) is 2.37. The molecule has 156 valence electrons. The van der Waals surface area contributed by atoms with Crippen molar-refractivity contribution in [2.24, 2.45) is 5.41 Å². The minimum atomic E-state index is -2.60. The van der Waals surface area contributed by atoms with Gasteiger partial charge in [-0.05, 0) is 64.0 Å². The molecule has 2 aliphatic rings. The van der Waals surface area contributed by atoms with Gasteiger partial charge in [-0.25, -0.2) is 18.0 Å². The molecular formula is C22H29F3O3. The Labute approximate surface area is 164 Å². The third-order valence-electron chi connectivity index (χ3n) is 5.50. The van der Waals surface area contributed by atoms with Crippen LogP contribution in [0.5, 0.6) is 5.75 Å². The predicted octanol–water partition coefficient (Wildman–Crippen LogP) is 6.25. The minimum Gasteiger partial charge on any atom is -0.493 e. The lowest BCUT2D eigenvalue weighted by Crippen LogP contribution is -2.35. The second-order valence-corrected chi connectivity index (χ2v) is 9.60. The average Bonchev–Trinajstić information content (AvgIpc) is 3.39. The fourth-order valence-electron chi connectivity index (χ4n) is 3.52. The van der Waals surface area contributed by atoms with Crippen molar-refractivity contribution in [2.75, 3.05) is 6.61 Å². The zero-order valence-corrected chi connectivity index (χ0v) is 17.0. The lowest BCUT2D eigenvalue weighted by Gasteiger charge is -2.37. The normalized spacial score (nSPS) is 21.2. The molecule has 0 spiro atoms. The first-order chi connectivity index (χ1) is 12.9. The van der Waals surface area contributed by atoms with Gasteiger partial charge in [-0.15, -0.1) is 0 Å². The van der Waals surface area contributed by atoms with Crippen molar-refractivity contribution in [3.63, 3.8) is 0 Å². The van der Waals surface area contributed by atoms with Crippen LogP contribution in [-0.2, 0) is 4.74 Å². The molecule has 3 rings (SSSR count). The van der Waals surface area contributed by atoms with Gasteiger partial charge in [0.05, 0.1) is 12.2 Å². The molecule has 0 radical (unpaired) electrons. The Balaban J connectivity index is 1.76. The van der Waals surface area contributed by atoms with Crippen LogP contribution in [0.1, 0.15) is 88.1 Å². The van der Waals surface area contributed by atoms with E-state index in [1.165, 1.54) is 12.1 Å². The van der Waals surface area contributed by atoms with Gasteiger partial charge in [-0.2, -0.15) is 0 Å². The molecule has 3 nitrogen and oxygen atoms in total. The topological polar surface area (TPSA) is 35.5 Å².